The highest BCUT2D eigenvalue weighted by Gasteiger charge is 2.07. The Morgan fingerprint density at radius 1 is 1.46 bits per heavy atom. The second-order valence-electron chi connectivity index (χ2n) is 2.15. The van der Waals surface area contributed by atoms with Crippen LogP contribution in [-0.4, -0.2) is 13.4 Å². The number of rotatable bonds is 2. The van der Waals surface area contributed by atoms with Crippen molar-refractivity contribution < 1.29 is 8.42 Å². The molecule has 1 heterocycles. The molecule has 1 aromatic heterocycles. The van der Waals surface area contributed by atoms with Gasteiger partial charge in [-0.05, 0) is 12.1 Å². The molecule has 0 bridgehead atoms. The van der Waals surface area contributed by atoms with Gasteiger partial charge in [0.15, 0.2) is 0 Å². The van der Waals surface area contributed by atoms with Crippen LogP contribution in [0.4, 0.5) is 0 Å². The Hall–Kier alpha value is -0.0300. The fourth-order valence-electron chi connectivity index (χ4n) is 0.704. The quantitative estimate of drug-likeness (QED) is 0.768. The Balaban J connectivity index is 0.00000144. The number of halogens is 3. The van der Waals surface area contributed by atoms with Crippen LogP contribution in [0.25, 0.3) is 0 Å². The highest BCUT2D eigenvalue weighted by atomic mass is 35.7. The smallest absolute Gasteiger partial charge is 0.238 e. The summed E-state index contributed by atoms with van der Waals surface area (Å²) in [5.74, 6) is -0.297. The number of aromatic nitrogens is 1. The average molecular weight is 263 g/mol. The second kappa shape index (κ2) is 5.00. The van der Waals surface area contributed by atoms with Crippen molar-refractivity contribution in [1.82, 2.24) is 4.98 Å². The molecular weight excluding hydrogens is 256 g/mol. The average Bonchev–Trinajstić information content (AvgIpc) is 1.82. The van der Waals surface area contributed by atoms with Crippen LogP contribution >= 0.6 is 34.7 Å². The maximum absolute atomic E-state index is 10.6. The van der Waals surface area contributed by atoms with Gasteiger partial charge in [0, 0.05) is 21.9 Å². The third kappa shape index (κ3) is 5.31. The molecule has 0 spiro atoms. The topological polar surface area (TPSA) is 47.0 Å². The molecule has 0 saturated carbocycles. The van der Waals surface area contributed by atoms with Crippen LogP contribution in [0.2, 0.25) is 5.02 Å². The van der Waals surface area contributed by atoms with Gasteiger partial charge in [0.05, 0.1) is 5.69 Å². The molecule has 0 aliphatic carbocycles. The summed E-state index contributed by atoms with van der Waals surface area (Å²) in [5, 5.41) is 0.445. The van der Waals surface area contributed by atoms with Gasteiger partial charge in [-0.2, -0.15) is 0 Å². The SMILES string of the molecule is Cl.O=S(=O)(Cl)Cc1cc(Cl)ccn1. The molecule has 0 aliphatic rings. The second-order valence-corrected chi connectivity index (χ2v) is 5.36. The predicted octanol–water partition coefficient (Wildman–Crippen LogP) is 2.23. The molecule has 0 saturated heterocycles. The molecule has 13 heavy (non-hydrogen) atoms. The van der Waals surface area contributed by atoms with E-state index >= 15 is 0 Å². The number of hydrogen-bond acceptors (Lipinski definition) is 3. The van der Waals surface area contributed by atoms with E-state index in [-0.39, 0.29) is 18.2 Å². The highest BCUT2D eigenvalue weighted by Crippen LogP contribution is 2.12. The predicted molar refractivity (Wildman–Crippen MR) is 55.0 cm³/mol. The summed E-state index contributed by atoms with van der Waals surface area (Å²) in [6, 6.07) is 3.02. The van der Waals surface area contributed by atoms with Gasteiger partial charge in [-0.15, -0.1) is 12.4 Å². The van der Waals surface area contributed by atoms with E-state index in [2.05, 4.69) is 4.98 Å². The van der Waals surface area contributed by atoms with E-state index in [1.165, 1.54) is 12.3 Å². The first-order chi connectivity index (χ1) is 5.47. The summed E-state index contributed by atoms with van der Waals surface area (Å²) in [6.45, 7) is 0. The molecule has 3 nitrogen and oxygen atoms in total. The highest BCUT2D eigenvalue weighted by molar-refractivity contribution is 8.13. The minimum absolute atomic E-state index is 0. The van der Waals surface area contributed by atoms with Crippen molar-refractivity contribution in [3.63, 3.8) is 0 Å². The molecule has 0 radical (unpaired) electrons. The van der Waals surface area contributed by atoms with Crippen molar-refractivity contribution in [3.8, 4) is 0 Å². The van der Waals surface area contributed by atoms with Crippen molar-refractivity contribution in [2.75, 3.05) is 0 Å². The molecule has 74 valence electrons. The normalized spacial score (nSPS) is 10.6. The van der Waals surface area contributed by atoms with Crippen LogP contribution in [0.1, 0.15) is 5.69 Å². The van der Waals surface area contributed by atoms with Gasteiger partial charge in [0.1, 0.15) is 5.75 Å². The van der Waals surface area contributed by atoms with E-state index in [1.54, 1.807) is 6.07 Å². The fourth-order valence-corrected chi connectivity index (χ4v) is 1.73. The van der Waals surface area contributed by atoms with Crippen molar-refractivity contribution in [1.29, 1.82) is 0 Å². The van der Waals surface area contributed by atoms with Gasteiger partial charge in [0.25, 0.3) is 0 Å². The van der Waals surface area contributed by atoms with Crippen LogP contribution in [0.15, 0.2) is 18.3 Å². The minimum atomic E-state index is -3.54. The van der Waals surface area contributed by atoms with E-state index < -0.39 is 9.05 Å². The van der Waals surface area contributed by atoms with Crippen LogP contribution in [-0.2, 0) is 14.8 Å². The van der Waals surface area contributed by atoms with Gasteiger partial charge in [-0.3, -0.25) is 4.98 Å². The van der Waals surface area contributed by atoms with Crippen LogP contribution in [0.5, 0.6) is 0 Å². The standard InChI is InChI=1S/C6H5Cl2NO2S.ClH/c7-5-1-2-9-6(3-5)4-12(8,10)11;/h1-3H,4H2;1H. The monoisotopic (exact) mass is 261 g/mol. The Morgan fingerprint density at radius 3 is 2.54 bits per heavy atom. The minimum Gasteiger partial charge on any atom is -0.260 e. The summed E-state index contributed by atoms with van der Waals surface area (Å²) in [4.78, 5) is 3.78. The van der Waals surface area contributed by atoms with Gasteiger partial charge in [-0.25, -0.2) is 8.42 Å². The molecule has 0 unspecified atom stereocenters. The molecule has 0 atom stereocenters. The van der Waals surface area contributed by atoms with Crippen molar-refractivity contribution >= 4 is 43.7 Å². The molecule has 0 fully saturated rings. The zero-order valence-corrected chi connectivity index (χ0v) is 9.42. The summed E-state index contributed by atoms with van der Waals surface area (Å²) < 4.78 is 21.2. The maximum Gasteiger partial charge on any atom is 0.238 e. The number of pyridine rings is 1. The van der Waals surface area contributed by atoms with E-state index in [1.807, 2.05) is 0 Å². The molecule has 0 amide bonds. The summed E-state index contributed by atoms with van der Waals surface area (Å²) in [5.41, 5.74) is 0.345. The third-order valence-electron chi connectivity index (χ3n) is 1.10. The van der Waals surface area contributed by atoms with Gasteiger partial charge >= 0.3 is 0 Å². The van der Waals surface area contributed by atoms with E-state index in [0.717, 1.165) is 0 Å². The summed E-state index contributed by atoms with van der Waals surface area (Å²) in [6.07, 6.45) is 1.43. The lowest BCUT2D eigenvalue weighted by Crippen LogP contribution is -1.97. The summed E-state index contributed by atoms with van der Waals surface area (Å²) >= 11 is 5.60. The molecule has 1 rings (SSSR count). The van der Waals surface area contributed by atoms with E-state index in [9.17, 15) is 8.42 Å². The first-order valence-corrected chi connectivity index (χ1v) is 5.86. The lowest BCUT2D eigenvalue weighted by atomic mass is 10.4. The third-order valence-corrected chi connectivity index (χ3v) is 2.30. The Kier molecular flexibility index (Phi) is 4.99. The lowest BCUT2D eigenvalue weighted by Gasteiger charge is -1.96. The van der Waals surface area contributed by atoms with Crippen LogP contribution in [0, 0.1) is 0 Å². The fraction of sp³-hybridized carbons (Fsp3) is 0.167. The van der Waals surface area contributed by atoms with Crippen molar-refractivity contribution in [3.05, 3.63) is 29.0 Å². The number of nitrogens with zero attached hydrogens (tertiary/aromatic N) is 1. The maximum atomic E-state index is 10.6. The zero-order chi connectivity index (χ0) is 9.19. The molecule has 7 heteroatoms. The number of hydrogen-bond donors (Lipinski definition) is 0. The van der Waals surface area contributed by atoms with E-state index in [0.29, 0.717) is 10.7 Å². The largest absolute Gasteiger partial charge is 0.260 e. The van der Waals surface area contributed by atoms with Crippen LogP contribution < -0.4 is 0 Å². The van der Waals surface area contributed by atoms with Crippen LogP contribution in [0.3, 0.4) is 0 Å². The van der Waals surface area contributed by atoms with Gasteiger partial charge < -0.3 is 0 Å². The lowest BCUT2D eigenvalue weighted by molar-refractivity contribution is 0.608. The zero-order valence-electron chi connectivity index (χ0n) is 6.28. The molecular formula is C6H6Cl3NO2S. The Morgan fingerprint density at radius 2 is 2.08 bits per heavy atom. The molecule has 0 aromatic carbocycles. The Labute approximate surface area is 91.9 Å². The Bertz CT molecular complexity index is 379. The van der Waals surface area contributed by atoms with E-state index in [4.69, 9.17) is 22.3 Å². The van der Waals surface area contributed by atoms with Crippen molar-refractivity contribution in [2.45, 2.75) is 5.75 Å². The molecule has 0 N–H and O–H groups in total. The molecule has 0 aliphatic heterocycles. The van der Waals surface area contributed by atoms with Crippen molar-refractivity contribution in [2.24, 2.45) is 0 Å². The summed E-state index contributed by atoms with van der Waals surface area (Å²) in [7, 11) is 1.47. The first kappa shape index (κ1) is 13.0. The van der Waals surface area contributed by atoms with Gasteiger partial charge in [-0.1, -0.05) is 11.6 Å². The first-order valence-electron chi connectivity index (χ1n) is 3.00. The van der Waals surface area contributed by atoms with Gasteiger partial charge in [0.2, 0.25) is 9.05 Å². The molecule has 1 aromatic rings.